The second kappa shape index (κ2) is 3.86. The van der Waals surface area contributed by atoms with E-state index < -0.39 is 0 Å². The molecular weight excluding hydrogens is 165 g/mol. The van der Waals surface area contributed by atoms with E-state index >= 15 is 0 Å². The van der Waals surface area contributed by atoms with Crippen LogP contribution in [0.5, 0.6) is 0 Å². The van der Waals surface area contributed by atoms with E-state index in [2.05, 4.69) is 4.98 Å². The van der Waals surface area contributed by atoms with Gasteiger partial charge in [0.15, 0.2) is 0 Å². The van der Waals surface area contributed by atoms with Crippen LogP contribution in [-0.2, 0) is 0 Å². The van der Waals surface area contributed by atoms with Gasteiger partial charge in [-0.3, -0.25) is 0 Å². The van der Waals surface area contributed by atoms with Crippen LogP contribution in [0.1, 0.15) is 43.7 Å². The summed E-state index contributed by atoms with van der Waals surface area (Å²) in [7, 11) is 0. The number of pyridine rings is 1. The van der Waals surface area contributed by atoms with Crippen LogP contribution < -0.4 is 0 Å². The molecule has 1 aliphatic rings. The number of hydrogen-bond donors (Lipinski definition) is 0. The summed E-state index contributed by atoms with van der Waals surface area (Å²) in [5.41, 5.74) is 0.944. The lowest BCUT2D eigenvalue weighted by Gasteiger charge is -2.20. The summed E-state index contributed by atoms with van der Waals surface area (Å²) in [4.78, 5) is 3.93. The minimum Gasteiger partial charge on any atom is -0.225 e. The van der Waals surface area contributed by atoms with Gasteiger partial charge in [-0.1, -0.05) is 25.3 Å². The summed E-state index contributed by atoms with van der Waals surface area (Å²) >= 11 is 0. The van der Waals surface area contributed by atoms with E-state index in [1.54, 1.807) is 6.07 Å². The maximum absolute atomic E-state index is 12.8. The van der Waals surface area contributed by atoms with Crippen molar-refractivity contribution in [3.05, 3.63) is 29.8 Å². The minimum absolute atomic E-state index is 0.344. The molecule has 70 valence electrons. The number of hydrogen-bond acceptors (Lipinski definition) is 1. The molecule has 1 saturated carbocycles. The molecular formula is C11H14FN. The highest BCUT2D eigenvalue weighted by atomic mass is 19.1. The molecule has 0 bridgehead atoms. The summed E-state index contributed by atoms with van der Waals surface area (Å²) in [6.07, 6.45) is 6.21. The van der Waals surface area contributed by atoms with Crippen molar-refractivity contribution < 1.29 is 4.39 Å². The van der Waals surface area contributed by atoms with Gasteiger partial charge in [0.05, 0.1) is 0 Å². The highest BCUT2D eigenvalue weighted by molar-refractivity contribution is 5.10. The van der Waals surface area contributed by atoms with Crippen LogP contribution in [0.15, 0.2) is 18.2 Å². The molecule has 0 aliphatic heterocycles. The van der Waals surface area contributed by atoms with Crippen LogP contribution in [0.25, 0.3) is 0 Å². The average molecular weight is 179 g/mol. The molecule has 1 aliphatic carbocycles. The summed E-state index contributed by atoms with van der Waals surface area (Å²) < 4.78 is 12.8. The predicted molar refractivity (Wildman–Crippen MR) is 50.0 cm³/mol. The molecule has 0 atom stereocenters. The van der Waals surface area contributed by atoms with Crippen molar-refractivity contribution in [3.63, 3.8) is 0 Å². The van der Waals surface area contributed by atoms with Gasteiger partial charge in [0, 0.05) is 11.6 Å². The third-order valence-electron chi connectivity index (χ3n) is 2.76. The molecule has 0 radical (unpaired) electrons. The average Bonchev–Trinajstić information content (AvgIpc) is 2.19. The fourth-order valence-electron chi connectivity index (χ4n) is 2.05. The number of nitrogens with zero attached hydrogens (tertiary/aromatic N) is 1. The summed E-state index contributed by atoms with van der Waals surface area (Å²) in [6.45, 7) is 0. The van der Waals surface area contributed by atoms with Gasteiger partial charge in [0.1, 0.15) is 0 Å². The van der Waals surface area contributed by atoms with Gasteiger partial charge < -0.3 is 0 Å². The van der Waals surface area contributed by atoms with Crippen LogP contribution in [0.3, 0.4) is 0 Å². The Morgan fingerprint density at radius 1 is 1.15 bits per heavy atom. The molecule has 1 fully saturated rings. The Morgan fingerprint density at radius 2 is 1.92 bits per heavy atom. The summed E-state index contributed by atoms with van der Waals surface area (Å²) in [5, 5.41) is 0. The van der Waals surface area contributed by atoms with Gasteiger partial charge in [-0.05, 0) is 25.0 Å². The molecule has 0 amide bonds. The molecule has 0 aromatic carbocycles. The topological polar surface area (TPSA) is 12.9 Å². The lowest BCUT2D eigenvalue weighted by Crippen LogP contribution is -2.06. The fourth-order valence-corrected chi connectivity index (χ4v) is 2.05. The first-order chi connectivity index (χ1) is 6.36. The van der Waals surface area contributed by atoms with Gasteiger partial charge in [0.25, 0.3) is 0 Å². The zero-order valence-corrected chi connectivity index (χ0v) is 7.67. The van der Waals surface area contributed by atoms with Crippen molar-refractivity contribution in [2.75, 3.05) is 0 Å². The largest absolute Gasteiger partial charge is 0.225 e. The Labute approximate surface area is 78.0 Å². The standard InChI is InChI=1S/C11H14FN/c12-11-8-4-7-10(13-11)9-5-2-1-3-6-9/h4,7-9H,1-3,5-6H2. The van der Waals surface area contributed by atoms with Crippen LogP contribution in [0.4, 0.5) is 4.39 Å². The SMILES string of the molecule is Fc1cccc(C2CCCCC2)n1. The minimum atomic E-state index is -0.344. The van der Waals surface area contributed by atoms with Crippen molar-refractivity contribution in [1.82, 2.24) is 4.98 Å². The Morgan fingerprint density at radius 3 is 2.62 bits per heavy atom. The molecule has 13 heavy (non-hydrogen) atoms. The Bertz CT molecular complexity index is 279. The summed E-state index contributed by atoms with van der Waals surface area (Å²) in [5.74, 6) is 0.160. The van der Waals surface area contributed by atoms with Crippen LogP contribution in [0, 0.1) is 5.95 Å². The molecule has 1 nitrogen and oxygen atoms in total. The highest BCUT2D eigenvalue weighted by Gasteiger charge is 2.16. The van der Waals surface area contributed by atoms with Crippen LogP contribution in [0.2, 0.25) is 0 Å². The molecule has 0 unspecified atom stereocenters. The van der Waals surface area contributed by atoms with E-state index in [4.69, 9.17) is 0 Å². The maximum Gasteiger partial charge on any atom is 0.213 e. The van der Waals surface area contributed by atoms with Crippen molar-refractivity contribution >= 4 is 0 Å². The first kappa shape index (κ1) is 8.67. The van der Waals surface area contributed by atoms with E-state index in [1.807, 2.05) is 6.07 Å². The monoisotopic (exact) mass is 179 g/mol. The zero-order valence-electron chi connectivity index (χ0n) is 7.67. The van der Waals surface area contributed by atoms with Crippen LogP contribution in [-0.4, -0.2) is 4.98 Å². The molecule has 2 rings (SSSR count). The smallest absolute Gasteiger partial charge is 0.213 e. The maximum atomic E-state index is 12.8. The Kier molecular flexibility index (Phi) is 2.57. The fraction of sp³-hybridized carbons (Fsp3) is 0.545. The van der Waals surface area contributed by atoms with E-state index in [1.165, 1.54) is 38.2 Å². The Balaban J connectivity index is 2.14. The van der Waals surface area contributed by atoms with Gasteiger partial charge >= 0.3 is 0 Å². The van der Waals surface area contributed by atoms with Gasteiger partial charge in [-0.15, -0.1) is 0 Å². The van der Waals surface area contributed by atoms with Crippen molar-refractivity contribution in [2.24, 2.45) is 0 Å². The first-order valence-corrected chi connectivity index (χ1v) is 4.99. The predicted octanol–water partition coefficient (Wildman–Crippen LogP) is 3.27. The third-order valence-corrected chi connectivity index (χ3v) is 2.76. The molecule has 2 heteroatoms. The molecule has 0 saturated heterocycles. The Hall–Kier alpha value is -0.920. The zero-order chi connectivity index (χ0) is 9.10. The number of aromatic nitrogens is 1. The number of rotatable bonds is 1. The molecule has 1 aromatic rings. The lowest BCUT2D eigenvalue weighted by molar-refractivity contribution is 0.430. The molecule has 0 N–H and O–H groups in total. The third kappa shape index (κ3) is 2.06. The second-order valence-electron chi connectivity index (χ2n) is 3.72. The van der Waals surface area contributed by atoms with Gasteiger partial charge in [0.2, 0.25) is 5.95 Å². The van der Waals surface area contributed by atoms with Gasteiger partial charge in [-0.2, -0.15) is 4.39 Å². The first-order valence-electron chi connectivity index (χ1n) is 4.99. The normalized spacial score (nSPS) is 18.8. The number of halogens is 1. The van der Waals surface area contributed by atoms with Crippen LogP contribution >= 0.6 is 0 Å². The van der Waals surface area contributed by atoms with E-state index in [0.29, 0.717) is 5.92 Å². The highest BCUT2D eigenvalue weighted by Crippen LogP contribution is 2.31. The summed E-state index contributed by atoms with van der Waals surface area (Å²) in [6, 6.07) is 5.11. The lowest BCUT2D eigenvalue weighted by atomic mass is 9.87. The molecule has 0 spiro atoms. The van der Waals surface area contributed by atoms with Gasteiger partial charge in [-0.25, -0.2) is 4.98 Å². The van der Waals surface area contributed by atoms with E-state index in [0.717, 1.165) is 5.69 Å². The molecule has 1 heterocycles. The van der Waals surface area contributed by atoms with Crippen molar-refractivity contribution in [3.8, 4) is 0 Å². The van der Waals surface area contributed by atoms with E-state index in [-0.39, 0.29) is 5.95 Å². The second-order valence-corrected chi connectivity index (χ2v) is 3.72. The quantitative estimate of drug-likeness (QED) is 0.603. The van der Waals surface area contributed by atoms with Crippen molar-refractivity contribution in [2.45, 2.75) is 38.0 Å². The van der Waals surface area contributed by atoms with E-state index in [9.17, 15) is 4.39 Å². The molecule has 1 aromatic heterocycles. The van der Waals surface area contributed by atoms with Crippen molar-refractivity contribution in [1.29, 1.82) is 0 Å².